The van der Waals surface area contributed by atoms with E-state index in [4.69, 9.17) is 4.74 Å². The summed E-state index contributed by atoms with van der Waals surface area (Å²) in [7, 11) is 0. The Hall–Kier alpha value is -4.46. The van der Waals surface area contributed by atoms with E-state index < -0.39 is 11.8 Å². The zero-order valence-corrected chi connectivity index (χ0v) is 17.9. The molecule has 0 spiro atoms. The predicted octanol–water partition coefficient (Wildman–Crippen LogP) is 2.15. The Balaban J connectivity index is 1.40. The van der Waals surface area contributed by atoms with Crippen LogP contribution in [0.25, 0.3) is 0 Å². The van der Waals surface area contributed by atoms with Gasteiger partial charge in [0.2, 0.25) is 0 Å². The van der Waals surface area contributed by atoms with E-state index in [-0.39, 0.29) is 19.1 Å². The highest BCUT2D eigenvalue weighted by molar-refractivity contribution is 6.35. The molecular weight excluding hydrogens is 420 g/mol. The number of hydrogen-bond acceptors (Lipinski definition) is 5. The Bertz CT molecular complexity index is 1100. The third-order valence-electron chi connectivity index (χ3n) is 4.44. The van der Waals surface area contributed by atoms with Gasteiger partial charge in [-0.05, 0) is 28.8 Å². The van der Waals surface area contributed by atoms with Gasteiger partial charge in [0.15, 0.2) is 6.61 Å². The van der Waals surface area contributed by atoms with Crippen LogP contribution in [0.3, 0.4) is 0 Å². The zero-order valence-electron chi connectivity index (χ0n) is 17.9. The van der Waals surface area contributed by atoms with Crippen molar-refractivity contribution in [2.75, 3.05) is 6.61 Å². The number of nitrogens with one attached hydrogen (secondary N) is 3. The molecule has 8 nitrogen and oxygen atoms in total. The quantitative estimate of drug-likeness (QED) is 0.267. The third kappa shape index (κ3) is 8.29. The summed E-state index contributed by atoms with van der Waals surface area (Å²) in [5.74, 6) is -1.42. The van der Waals surface area contributed by atoms with Crippen LogP contribution in [0, 0.1) is 0 Å². The molecule has 3 N–H and O–H groups in total. The van der Waals surface area contributed by atoms with Crippen molar-refractivity contribution in [3.8, 4) is 5.75 Å². The molecule has 0 heterocycles. The number of rotatable bonds is 9. The molecule has 3 aromatic carbocycles. The number of carbonyl (C=O) groups excluding carboxylic acids is 3. The Labute approximate surface area is 191 Å². The minimum Gasteiger partial charge on any atom is -0.484 e. The van der Waals surface area contributed by atoms with E-state index in [1.807, 2.05) is 60.7 Å². The van der Waals surface area contributed by atoms with Crippen LogP contribution in [-0.4, -0.2) is 30.5 Å². The minimum absolute atomic E-state index is 0.133. The molecule has 33 heavy (non-hydrogen) atoms. The SMILES string of the molecule is O=C(COc1cccc(/C=N\NC(=O)C(=O)NCc2ccccc2)c1)NCc1ccccc1. The van der Waals surface area contributed by atoms with Crippen molar-refractivity contribution < 1.29 is 19.1 Å². The highest BCUT2D eigenvalue weighted by Gasteiger charge is 2.11. The second-order valence-electron chi connectivity index (χ2n) is 6.99. The minimum atomic E-state index is -0.871. The topological polar surface area (TPSA) is 109 Å². The number of hydrazone groups is 1. The first kappa shape index (κ1) is 23.2. The summed E-state index contributed by atoms with van der Waals surface area (Å²) < 4.78 is 5.51. The smallest absolute Gasteiger partial charge is 0.329 e. The van der Waals surface area contributed by atoms with Gasteiger partial charge in [-0.15, -0.1) is 0 Å². The van der Waals surface area contributed by atoms with Gasteiger partial charge in [0.25, 0.3) is 5.91 Å². The van der Waals surface area contributed by atoms with Gasteiger partial charge in [-0.3, -0.25) is 14.4 Å². The predicted molar refractivity (Wildman–Crippen MR) is 124 cm³/mol. The van der Waals surface area contributed by atoms with E-state index in [1.165, 1.54) is 6.21 Å². The van der Waals surface area contributed by atoms with Crippen LogP contribution in [0.1, 0.15) is 16.7 Å². The van der Waals surface area contributed by atoms with E-state index in [9.17, 15) is 14.4 Å². The van der Waals surface area contributed by atoms with Crippen molar-refractivity contribution in [2.45, 2.75) is 13.1 Å². The van der Waals surface area contributed by atoms with Crippen LogP contribution in [0.2, 0.25) is 0 Å². The molecule has 0 aromatic heterocycles. The average molecular weight is 444 g/mol. The lowest BCUT2D eigenvalue weighted by molar-refractivity contribution is -0.139. The van der Waals surface area contributed by atoms with E-state index in [2.05, 4.69) is 21.2 Å². The van der Waals surface area contributed by atoms with Crippen molar-refractivity contribution in [2.24, 2.45) is 5.10 Å². The van der Waals surface area contributed by atoms with Crippen molar-refractivity contribution in [1.29, 1.82) is 0 Å². The first-order valence-electron chi connectivity index (χ1n) is 10.3. The molecule has 0 fully saturated rings. The fourth-order valence-electron chi connectivity index (χ4n) is 2.76. The van der Waals surface area contributed by atoms with Crippen LogP contribution >= 0.6 is 0 Å². The fourth-order valence-corrected chi connectivity index (χ4v) is 2.76. The molecule has 0 unspecified atom stereocenters. The van der Waals surface area contributed by atoms with Crippen LogP contribution in [-0.2, 0) is 27.5 Å². The maximum absolute atomic E-state index is 12.0. The molecule has 168 valence electrons. The molecule has 0 radical (unpaired) electrons. The highest BCUT2D eigenvalue weighted by Crippen LogP contribution is 2.12. The molecule has 0 saturated carbocycles. The number of ether oxygens (including phenoxy) is 1. The first-order chi connectivity index (χ1) is 16.1. The maximum Gasteiger partial charge on any atom is 0.329 e. The molecular formula is C25H24N4O4. The molecule has 0 atom stereocenters. The normalized spacial score (nSPS) is 10.4. The van der Waals surface area contributed by atoms with Crippen molar-refractivity contribution in [1.82, 2.24) is 16.1 Å². The molecule has 3 rings (SSSR count). The third-order valence-corrected chi connectivity index (χ3v) is 4.44. The fraction of sp³-hybridized carbons (Fsp3) is 0.120. The maximum atomic E-state index is 12.0. The van der Waals surface area contributed by atoms with E-state index >= 15 is 0 Å². The number of amides is 3. The van der Waals surface area contributed by atoms with Gasteiger partial charge in [0.05, 0.1) is 6.21 Å². The first-order valence-corrected chi connectivity index (χ1v) is 10.3. The van der Waals surface area contributed by atoms with Gasteiger partial charge in [0, 0.05) is 13.1 Å². The summed E-state index contributed by atoms with van der Waals surface area (Å²) in [5, 5.41) is 9.10. The van der Waals surface area contributed by atoms with E-state index in [0.717, 1.165) is 11.1 Å². The van der Waals surface area contributed by atoms with Crippen LogP contribution < -0.4 is 20.8 Å². The van der Waals surface area contributed by atoms with Gasteiger partial charge in [-0.25, -0.2) is 5.43 Å². The molecule has 0 aliphatic rings. The molecule has 3 aromatic rings. The second-order valence-corrected chi connectivity index (χ2v) is 6.99. The summed E-state index contributed by atoms with van der Waals surface area (Å²) in [5.41, 5.74) is 4.69. The van der Waals surface area contributed by atoms with Gasteiger partial charge < -0.3 is 15.4 Å². The van der Waals surface area contributed by atoms with E-state index in [0.29, 0.717) is 17.9 Å². The summed E-state index contributed by atoms with van der Waals surface area (Å²) in [6, 6.07) is 25.7. The summed E-state index contributed by atoms with van der Waals surface area (Å²) in [4.78, 5) is 35.7. The number of hydrogen-bond donors (Lipinski definition) is 3. The summed E-state index contributed by atoms with van der Waals surface area (Å²) in [6.45, 7) is 0.537. The Morgan fingerprint density at radius 3 is 2.06 bits per heavy atom. The van der Waals surface area contributed by atoms with Crippen molar-refractivity contribution >= 4 is 23.9 Å². The summed E-state index contributed by atoms with van der Waals surface area (Å²) >= 11 is 0. The Morgan fingerprint density at radius 1 is 0.758 bits per heavy atom. The van der Waals surface area contributed by atoms with Gasteiger partial charge in [-0.2, -0.15) is 5.10 Å². The van der Waals surface area contributed by atoms with Crippen LogP contribution in [0.4, 0.5) is 0 Å². The largest absolute Gasteiger partial charge is 0.484 e. The van der Waals surface area contributed by atoms with Gasteiger partial charge in [0.1, 0.15) is 5.75 Å². The molecule has 8 heteroatoms. The molecule has 0 aliphatic carbocycles. The van der Waals surface area contributed by atoms with Crippen LogP contribution in [0.5, 0.6) is 5.75 Å². The number of nitrogens with zero attached hydrogens (tertiary/aromatic N) is 1. The molecule has 0 aliphatic heterocycles. The lowest BCUT2D eigenvalue weighted by Gasteiger charge is -2.08. The van der Waals surface area contributed by atoms with Gasteiger partial charge in [-0.1, -0.05) is 72.8 Å². The zero-order chi connectivity index (χ0) is 23.3. The molecule has 3 amide bonds. The number of carbonyl (C=O) groups is 3. The lowest BCUT2D eigenvalue weighted by atomic mass is 10.2. The molecule has 0 saturated heterocycles. The van der Waals surface area contributed by atoms with Gasteiger partial charge >= 0.3 is 11.8 Å². The standard InChI is InChI=1S/C25H24N4O4/c30-23(26-15-19-8-3-1-4-9-19)18-33-22-13-7-12-21(14-22)17-28-29-25(32)24(31)27-16-20-10-5-2-6-11-20/h1-14,17H,15-16,18H2,(H,26,30)(H,27,31)(H,29,32)/b28-17-. The number of benzene rings is 3. The summed E-state index contributed by atoms with van der Waals surface area (Å²) in [6.07, 6.45) is 1.38. The highest BCUT2D eigenvalue weighted by atomic mass is 16.5. The molecule has 0 bridgehead atoms. The van der Waals surface area contributed by atoms with Crippen molar-refractivity contribution in [3.63, 3.8) is 0 Å². The van der Waals surface area contributed by atoms with Crippen LogP contribution in [0.15, 0.2) is 90.0 Å². The van der Waals surface area contributed by atoms with E-state index in [1.54, 1.807) is 24.3 Å². The second kappa shape index (κ2) is 12.4. The average Bonchev–Trinajstić information content (AvgIpc) is 2.86. The Morgan fingerprint density at radius 2 is 1.39 bits per heavy atom. The van der Waals surface area contributed by atoms with Crippen molar-refractivity contribution in [3.05, 3.63) is 102 Å². The monoisotopic (exact) mass is 444 g/mol. The lowest BCUT2D eigenvalue weighted by Crippen LogP contribution is -2.37. The Kier molecular flexibility index (Phi) is 8.73.